The molecule has 0 saturated carbocycles. The molecule has 0 aliphatic heterocycles. The number of fused-ring (bicyclic) bond motifs is 1. The Hall–Kier alpha value is -3.47. The van der Waals surface area contributed by atoms with Gasteiger partial charge in [-0.15, -0.1) is 0 Å². The largest absolute Gasteiger partial charge is 0.322 e. The zero-order valence-corrected chi connectivity index (χ0v) is 13.7. The van der Waals surface area contributed by atoms with Gasteiger partial charge in [0.15, 0.2) is 0 Å². The molecule has 0 aliphatic carbocycles. The van der Waals surface area contributed by atoms with Crippen molar-refractivity contribution < 1.29 is 4.79 Å². The lowest BCUT2D eigenvalue weighted by Crippen LogP contribution is -2.12. The van der Waals surface area contributed by atoms with E-state index in [0.29, 0.717) is 5.56 Å². The van der Waals surface area contributed by atoms with Crippen molar-refractivity contribution >= 4 is 22.6 Å². The SMILES string of the molecule is Cc1ccc(C(=O)Nc2ccc(-n3cnc4ccccc43)cc2)cn1. The molecule has 0 aliphatic rings. The lowest BCUT2D eigenvalue weighted by Gasteiger charge is -2.08. The van der Waals surface area contributed by atoms with Gasteiger partial charge in [-0.25, -0.2) is 4.98 Å². The molecule has 4 aromatic rings. The zero-order valence-electron chi connectivity index (χ0n) is 13.7. The van der Waals surface area contributed by atoms with E-state index in [1.807, 2.05) is 66.1 Å². The maximum Gasteiger partial charge on any atom is 0.257 e. The summed E-state index contributed by atoms with van der Waals surface area (Å²) >= 11 is 0. The minimum atomic E-state index is -0.173. The summed E-state index contributed by atoms with van der Waals surface area (Å²) in [4.78, 5) is 20.8. The number of hydrogen-bond acceptors (Lipinski definition) is 3. The molecule has 0 bridgehead atoms. The molecule has 5 heteroatoms. The van der Waals surface area contributed by atoms with E-state index < -0.39 is 0 Å². The van der Waals surface area contributed by atoms with E-state index in [2.05, 4.69) is 15.3 Å². The van der Waals surface area contributed by atoms with Crippen molar-refractivity contribution in [3.05, 3.63) is 84.4 Å². The molecule has 2 aromatic heterocycles. The highest BCUT2D eigenvalue weighted by atomic mass is 16.1. The van der Waals surface area contributed by atoms with Gasteiger partial charge in [-0.3, -0.25) is 14.3 Å². The van der Waals surface area contributed by atoms with Crippen molar-refractivity contribution in [1.29, 1.82) is 0 Å². The van der Waals surface area contributed by atoms with Crippen LogP contribution in [0.5, 0.6) is 0 Å². The Morgan fingerprint density at radius 3 is 2.52 bits per heavy atom. The van der Waals surface area contributed by atoms with Gasteiger partial charge in [0.2, 0.25) is 0 Å². The number of benzene rings is 2. The molecule has 1 amide bonds. The maximum atomic E-state index is 12.2. The van der Waals surface area contributed by atoms with Gasteiger partial charge in [0, 0.05) is 23.3 Å². The van der Waals surface area contributed by atoms with Gasteiger partial charge in [-0.05, 0) is 55.5 Å². The van der Waals surface area contributed by atoms with Crippen LogP contribution in [-0.4, -0.2) is 20.4 Å². The highest BCUT2D eigenvalue weighted by molar-refractivity contribution is 6.04. The fourth-order valence-electron chi connectivity index (χ4n) is 2.68. The summed E-state index contributed by atoms with van der Waals surface area (Å²) in [6, 6.07) is 19.2. The normalized spacial score (nSPS) is 10.8. The number of imidazole rings is 1. The minimum absolute atomic E-state index is 0.173. The molecule has 0 saturated heterocycles. The van der Waals surface area contributed by atoms with Crippen molar-refractivity contribution in [2.24, 2.45) is 0 Å². The summed E-state index contributed by atoms with van der Waals surface area (Å²) in [5.74, 6) is -0.173. The van der Waals surface area contributed by atoms with Crippen LogP contribution in [0.1, 0.15) is 16.1 Å². The van der Waals surface area contributed by atoms with Gasteiger partial charge in [0.05, 0.1) is 16.6 Å². The summed E-state index contributed by atoms with van der Waals surface area (Å²) in [5.41, 5.74) is 5.14. The first-order valence-corrected chi connectivity index (χ1v) is 7.97. The van der Waals surface area contributed by atoms with Gasteiger partial charge in [-0.1, -0.05) is 12.1 Å². The average Bonchev–Trinajstić information content (AvgIpc) is 3.07. The second kappa shape index (κ2) is 6.20. The summed E-state index contributed by atoms with van der Waals surface area (Å²) < 4.78 is 2.02. The van der Waals surface area contributed by atoms with E-state index in [9.17, 15) is 4.79 Å². The quantitative estimate of drug-likeness (QED) is 0.619. The third-order valence-electron chi connectivity index (χ3n) is 4.03. The number of rotatable bonds is 3. The number of amides is 1. The lowest BCUT2D eigenvalue weighted by molar-refractivity contribution is 0.102. The molecule has 0 fully saturated rings. The standard InChI is InChI=1S/C20H16N4O/c1-14-6-7-15(12-21-14)20(25)23-16-8-10-17(11-9-16)24-13-22-18-4-2-3-5-19(18)24/h2-13H,1H3,(H,23,25). The van der Waals surface area contributed by atoms with E-state index >= 15 is 0 Å². The number of hydrogen-bond donors (Lipinski definition) is 1. The van der Waals surface area contributed by atoms with Crippen LogP contribution in [0.25, 0.3) is 16.7 Å². The van der Waals surface area contributed by atoms with E-state index in [1.54, 1.807) is 18.6 Å². The molecular formula is C20H16N4O. The Morgan fingerprint density at radius 1 is 0.960 bits per heavy atom. The Morgan fingerprint density at radius 2 is 1.76 bits per heavy atom. The number of nitrogens with zero attached hydrogens (tertiary/aromatic N) is 3. The maximum absolute atomic E-state index is 12.2. The van der Waals surface area contributed by atoms with Crippen LogP contribution in [0.4, 0.5) is 5.69 Å². The Bertz CT molecular complexity index is 1030. The molecule has 0 radical (unpaired) electrons. The molecule has 5 nitrogen and oxygen atoms in total. The molecule has 0 spiro atoms. The average molecular weight is 328 g/mol. The monoisotopic (exact) mass is 328 g/mol. The molecule has 0 atom stereocenters. The van der Waals surface area contributed by atoms with Crippen LogP contribution in [0.3, 0.4) is 0 Å². The molecule has 25 heavy (non-hydrogen) atoms. The number of carbonyl (C=O) groups is 1. The molecule has 2 heterocycles. The number of pyridine rings is 1. The first-order valence-electron chi connectivity index (χ1n) is 7.97. The topological polar surface area (TPSA) is 59.8 Å². The first kappa shape index (κ1) is 15.1. The van der Waals surface area contributed by atoms with Gasteiger partial charge in [0.1, 0.15) is 6.33 Å². The van der Waals surface area contributed by atoms with E-state index in [1.165, 1.54) is 0 Å². The summed E-state index contributed by atoms with van der Waals surface area (Å²) in [5, 5.41) is 2.88. The molecule has 4 rings (SSSR count). The van der Waals surface area contributed by atoms with Crippen LogP contribution >= 0.6 is 0 Å². The first-order chi connectivity index (χ1) is 12.2. The van der Waals surface area contributed by atoms with Gasteiger partial charge in [0.25, 0.3) is 5.91 Å². The van der Waals surface area contributed by atoms with Crippen LogP contribution in [0.15, 0.2) is 73.2 Å². The van der Waals surface area contributed by atoms with Crippen LogP contribution < -0.4 is 5.32 Å². The predicted molar refractivity (Wildman–Crippen MR) is 98.0 cm³/mol. The summed E-state index contributed by atoms with van der Waals surface area (Å²) in [6.45, 7) is 1.89. The number of aryl methyl sites for hydroxylation is 1. The number of aromatic nitrogens is 3. The number of carbonyl (C=O) groups excluding carboxylic acids is 1. The molecule has 2 aromatic carbocycles. The third-order valence-corrected chi connectivity index (χ3v) is 4.03. The Labute approximate surface area is 145 Å². The van der Waals surface area contributed by atoms with E-state index in [-0.39, 0.29) is 5.91 Å². The van der Waals surface area contributed by atoms with Crippen molar-refractivity contribution in [2.45, 2.75) is 6.92 Å². The van der Waals surface area contributed by atoms with E-state index in [4.69, 9.17) is 0 Å². The summed E-state index contributed by atoms with van der Waals surface area (Å²) in [6.07, 6.45) is 3.38. The second-order valence-electron chi connectivity index (χ2n) is 5.79. The molecule has 122 valence electrons. The third kappa shape index (κ3) is 2.99. The molecule has 1 N–H and O–H groups in total. The fraction of sp³-hybridized carbons (Fsp3) is 0.0500. The Balaban J connectivity index is 1.56. The highest BCUT2D eigenvalue weighted by Crippen LogP contribution is 2.19. The Kier molecular flexibility index (Phi) is 3.74. The predicted octanol–water partition coefficient (Wildman–Crippen LogP) is 3.98. The van der Waals surface area contributed by atoms with Gasteiger partial charge in [-0.2, -0.15) is 0 Å². The smallest absolute Gasteiger partial charge is 0.257 e. The van der Waals surface area contributed by atoms with Gasteiger partial charge < -0.3 is 5.32 Å². The van der Waals surface area contributed by atoms with Gasteiger partial charge >= 0.3 is 0 Å². The second-order valence-corrected chi connectivity index (χ2v) is 5.79. The number of anilines is 1. The van der Waals surface area contributed by atoms with Crippen LogP contribution in [0.2, 0.25) is 0 Å². The minimum Gasteiger partial charge on any atom is -0.322 e. The number of para-hydroxylation sites is 2. The van der Waals surface area contributed by atoms with E-state index in [0.717, 1.165) is 28.1 Å². The van der Waals surface area contributed by atoms with Crippen molar-refractivity contribution in [3.8, 4) is 5.69 Å². The van der Waals surface area contributed by atoms with Crippen molar-refractivity contribution in [1.82, 2.24) is 14.5 Å². The molecule has 0 unspecified atom stereocenters. The number of nitrogens with one attached hydrogen (secondary N) is 1. The lowest BCUT2D eigenvalue weighted by atomic mass is 10.2. The van der Waals surface area contributed by atoms with Crippen LogP contribution in [0, 0.1) is 6.92 Å². The van der Waals surface area contributed by atoms with Crippen molar-refractivity contribution in [2.75, 3.05) is 5.32 Å². The summed E-state index contributed by atoms with van der Waals surface area (Å²) in [7, 11) is 0. The van der Waals surface area contributed by atoms with Crippen molar-refractivity contribution in [3.63, 3.8) is 0 Å². The molecular weight excluding hydrogens is 312 g/mol. The fourth-order valence-corrected chi connectivity index (χ4v) is 2.68. The highest BCUT2D eigenvalue weighted by Gasteiger charge is 2.07. The van der Waals surface area contributed by atoms with Crippen LogP contribution in [-0.2, 0) is 0 Å². The zero-order chi connectivity index (χ0) is 17.2.